The van der Waals surface area contributed by atoms with Crippen molar-refractivity contribution in [2.45, 2.75) is 32.1 Å². The number of fused-ring (bicyclic) bond motifs is 1. The first-order chi connectivity index (χ1) is 12.3. The van der Waals surface area contributed by atoms with Crippen LogP contribution in [0.5, 0.6) is 5.75 Å². The van der Waals surface area contributed by atoms with Crippen LogP contribution in [0.1, 0.15) is 28.4 Å². The second-order valence-corrected chi connectivity index (χ2v) is 7.18. The second-order valence-electron chi connectivity index (χ2n) is 6.02. The van der Waals surface area contributed by atoms with Crippen molar-refractivity contribution in [3.8, 4) is 17.1 Å². The van der Waals surface area contributed by atoms with Crippen LogP contribution in [0, 0.1) is 0 Å². The number of aromatic nitrogens is 3. The highest BCUT2D eigenvalue weighted by atomic mass is 32.1. The van der Waals surface area contributed by atoms with Crippen molar-refractivity contribution in [3.05, 3.63) is 39.8 Å². The van der Waals surface area contributed by atoms with E-state index in [-0.39, 0.29) is 0 Å². The lowest BCUT2D eigenvalue weighted by atomic mass is 10.0. The molecule has 0 amide bonds. The van der Waals surface area contributed by atoms with Crippen LogP contribution in [0.2, 0.25) is 0 Å². The minimum Gasteiger partial charge on any atom is -0.497 e. The van der Waals surface area contributed by atoms with Crippen LogP contribution in [0.4, 0.5) is 6.01 Å². The molecule has 25 heavy (non-hydrogen) atoms. The van der Waals surface area contributed by atoms with Gasteiger partial charge in [0.25, 0.3) is 0 Å². The molecule has 7 heteroatoms. The molecule has 1 N–H and O–H groups in total. The van der Waals surface area contributed by atoms with Gasteiger partial charge in [0, 0.05) is 23.4 Å². The van der Waals surface area contributed by atoms with Gasteiger partial charge in [0.2, 0.25) is 5.82 Å². The number of nitrogens with zero attached hydrogens (tertiary/aromatic N) is 3. The van der Waals surface area contributed by atoms with Crippen LogP contribution in [0.3, 0.4) is 0 Å². The number of ether oxygens (including phenoxy) is 1. The highest BCUT2D eigenvalue weighted by molar-refractivity contribution is 7.11. The largest absolute Gasteiger partial charge is 0.497 e. The number of nitrogens with one attached hydrogen (secondary N) is 1. The van der Waals surface area contributed by atoms with Crippen LogP contribution in [-0.4, -0.2) is 28.8 Å². The second kappa shape index (κ2) is 7.23. The van der Waals surface area contributed by atoms with Crippen LogP contribution >= 0.6 is 11.3 Å². The molecule has 1 aliphatic rings. The number of hydrogen-bond donors (Lipinski definition) is 1. The summed E-state index contributed by atoms with van der Waals surface area (Å²) in [6, 6.07) is 8.03. The summed E-state index contributed by atoms with van der Waals surface area (Å²) in [5.74, 6) is 1.32. The molecule has 0 atom stereocenters. The minimum atomic E-state index is 0.430. The highest BCUT2D eigenvalue weighted by Crippen LogP contribution is 2.27. The lowest BCUT2D eigenvalue weighted by Crippen LogP contribution is -2.05. The maximum Gasteiger partial charge on any atom is 0.321 e. The van der Waals surface area contributed by atoms with E-state index < -0.39 is 0 Å². The van der Waals surface area contributed by atoms with Gasteiger partial charge in [-0.3, -0.25) is 0 Å². The lowest BCUT2D eigenvalue weighted by molar-refractivity contribution is 0.414. The standard InChI is InChI=1S/C18H20N4O2S/c1-23-13-6-4-5-12(11-13)17-21-18(24-22-17)19-10-9-16-20-14-7-2-3-8-15(14)25-16/h4-6,11H,2-3,7-10H2,1H3,(H,19,21,22). The molecule has 130 valence electrons. The summed E-state index contributed by atoms with van der Waals surface area (Å²) in [6.45, 7) is 0.728. The van der Waals surface area contributed by atoms with Gasteiger partial charge in [0.1, 0.15) is 5.75 Å². The summed E-state index contributed by atoms with van der Waals surface area (Å²) in [5.41, 5.74) is 2.17. The zero-order valence-electron chi connectivity index (χ0n) is 14.1. The molecule has 0 saturated carbocycles. The molecule has 0 aliphatic heterocycles. The predicted octanol–water partition coefficient (Wildman–Crippen LogP) is 3.74. The monoisotopic (exact) mass is 356 g/mol. The summed E-state index contributed by atoms with van der Waals surface area (Å²) in [5, 5.41) is 8.40. The van der Waals surface area contributed by atoms with E-state index in [1.165, 1.54) is 34.8 Å². The molecule has 6 nitrogen and oxygen atoms in total. The highest BCUT2D eigenvalue weighted by Gasteiger charge is 2.15. The Bertz CT molecular complexity index is 835. The van der Waals surface area contributed by atoms with Crippen molar-refractivity contribution in [2.24, 2.45) is 0 Å². The summed E-state index contributed by atoms with van der Waals surface area (Å²) >= 11 is 1.84. The number of hydrogen-bond acceptors (Lipinski definition) is 7. The van der Waals surface area contributed by atoms with Crippen LogP contribution < -0.4 is 10.1 Å². The molecule has 0 radical (unpaired) electrons. The number of benzene rings is 1. The lowest BCUT2D eigenvalue weighted by Gasteiger charge is -2.06. The Morgan fingerprint density at radius 2 is 2.16 bits per heavy atom. The van der Waals surface area contributed by atoms with Crippen LogP contribution in [0.15, 0.2) is 28.8 Å². The Labute approximate surface area is 150 Å². The first-order valence-electron chi connectivity index (χ1n) is 8.51. The SMILES string of the molecule is COc1cccc(-c2noc(NCCc3nc4c(s3)CCCC4)n2)c1. The van der Waals surface area contributed by atoms with Crippen molar-refractivity contribution in [1.29, 1.82) is 0 Å². The first kappa shape index (κ1) is 16.1. The molecule has 2 aromatic heterocycles. The quantitative estimate of drug-likeness (QED) is 0.725. The Kier molecular flexibility index (Phi) is 4.65. The maximum absolute atomic E-state index is 5.28. The van der Waals surface area contributed by atoms with Gasteiger partial charge in [0.05, 0.1) is 17.8 Å². The van der Waals surface area contributed by atoms with E-state index in [4.69, 9.17) is 14.2 Å². The zero-order valence-corrected chi connectivity index (χ0v) is 14.9. The van der Waals surface area contributed by atoms with Gasteiger partial charge in [-0.25, -0.2) is 4.98 Å². The van der Waals surface area contributed by atoms with E-state index in [1.54, 1.807) is 7.11 Å². The van der Waals surface area contributed by atoms with E-state index >= 15 is 0 Å². The van der Waals surface area contributed by atoms with Crippen molar-refractivity contribution in [1.82, 2.24) is 15.1 Å². The molecule has 2 heterocycles. The van der Waals surface area contributed by atoms with Crippen molar-refractivity contribution < 1.29 is 9.26 Å². The molecule has 1 aromatic carbocycles. The third-order valence-corrected chi connectivity index (χ3v) is 5.48. The number of anilines is 1. The average molecular weight is 356 g/mol. The van der Waals surface area contributed by atoms with Gasteiger partial charge in [-0.1, -0.05) is 17.3 Å². The number of aryl methyl sites for hydroxylation is 2. The normalized spacial score (nSPS) is 13.5. The summed E-state index contributed by atoms with van der Waals surface area (Å²) < 4.78 is 10.5. The number of thiazole rings is 1. The Hall–Kier alpha value is -2.41. The van der Waals surface area contributed by atoms with Gasteiger partial charge in [0.15, 0.2) is 0 Å². The van der Waals surface area contributed by atoms with E-state index in [0.717, 1.165) is 30.7 Å². The molecule has 0 spiro atoms. The van der Waals surface area contributed by atoms with Gasteiger partial charge in [-0.05, 0) is 37.8 Å². The van der Waals surface area contributed by atoms with Crippen LogP contribution in [-0.2, 0) is 19.3 Å². The minimum absolute atomic E-state index is 0.430. The topological polar surface area (TPSA) is 73.1 Å². The van der Waals surface area contributed by atoms with Gasteiger partial charge >= 0.3 is 6.01 Å². The van der Waals surface area contributed by atoms with E-state index in [0.29, 0.717) is 11.8 Å². The summed E-state index contributed by atoms with van der Waals surface area (Å²) in [6.07, 6.45) is 5.75. The van der Waals surface area contributed by atoms with Crippen molar-refractivity contribution >= 4 is 17.4 Å². The molecule has 3 aromatic rings. The Morgan fingerprint density at radius 1 is 1.24 bits per heavy atom. The fourth-order valence-electron chi connectivity index (χ4n) is 2.96. The summed E-state index contributed by atoms with van der Waals surface area (Å²) in [7, 11) is 1.64. The Morgan fingerprint density at radius 3 is 3.04 bits per heavy atom. The van der Waals surface area contributed by atoms with Gasteiger partial charge in [-0.2, -0.15) is 4.98 Å². The van der Waals surface area contributed by atoms with Gasteiger partial charge < -0.3 is 14.6 Å². The predicted molar refractivity (Wildman–Crippen MR) is 97.2 cm³/mol. The smallest absolute Gasteiger partial charge is 0.321 e. The maximum atomic E-state index is 5.28. The molecule has 0 unspecified atom stereocenters. The molecular weight excluding hydrogens is 336 g/mol. The fraction of sp³-hybridized carbons (Fsp3) is 0.389. The fourth-order valence-corrected chi connectivity index (χ4v) is 4.12. The van der Waals surface area contributed by atoms with E-state index in [9.17, 15) is 0 Å². The van der Waals surface area contributed by atoms with Gasteiger partial charge in [-0.15, -0.1) is 11.3 Å². The number of rotatable bonds is 6. The van der Waals surface area contributed by atoms with Crippen LogP contribution in [0.25, 0.3) is 11.4 Å². The zero-order chi connectivity index (χ0) is 17.1. The molecular formula is C18H20N4O2S. The van der Waals surface area contributed by atoms with Crippen molar-refractivity contribution in [2.75, 3.05) is 19.0 Å². The van der Waals surface area contributed by atoms with E-state index in [2.05, 4.69) is 15.5 Å². The number of methoxy groups -OCH3 is 1. The average Bonchev–Trinajstić information content (AvgIpc) is 3.28. The molecule has 0 saturated heterocycles. The molecule has 4 rings (SSSR count). The molecule has 0 bridgehead atoms. The van der Waals surface area contributed by atoms with E-state index in [1.807, 2.05) is 35.6 Å². The molecule has 0 fully saturated rings. The molecule has 1 aliphatic carbocycles. The van der Waals surface area contributed by atoms with Crippen molar-refractivity contribution in [3.63, 3.8) is 0 Å². The Balaban J connectivity index is 1.36. The summed E-state index contributed by atoms with van der Waals surface area (Å²) in [4.78, 5) is 10.6. The third kappa shape index (κ3) is 3.66. The third-order valence-electron chi connectivity index (χ3n) is 4.26. The first-order valence-corrected chi connectivity index (χ1v) is 9.33.